The van der Waals surface area contributed by atoms with Crippen LogP contribution >= 0.6 is 0 Å². The van der Waals surface area contributed by atoms with Crippen molar-refractivity contribution in [2.45, 2.75) is 52.4 Å². The molecule has 1 aromatic heterocycles. The summed E-state index contributed by atoms with van der Waals surface area (Å²) in [6, 6.07) is 6.66. The number of hydrogen-bond acceptors (Lipinski definition) is 7. The van der Waals surface area contributed by atoms with E-state index in [9.17, 15) is 19.5 Å². The average molecular weight is 467 g/mol. The number of aliphatic hydroxyl groups excluding tert-OH is 1. The Hall–Kier alpha value is -3.04. The number of fused-ring (bicyclic) bond motifs is 1. The van der Waals surface area contributed by atoms with Crippen LogP contribution in [-0.2, 0) is 22.7 Å². The van der Waals surface area contributed by atoms with Crippen molar-refractivity contribution in [3.63, 3.8) is 0 Å². The van der Waals surface area contributed by atoms with Crippen LogP contribution in [0.2, 0.25) is 0 Å². The molecule has 2 aromatic rings. The molecule has 1 aromatic carbocycles. The molecule has 0 aliphatic carbocycles. The highest BCUT2D eigenvalue weighted by Gasteiger charge is 2.49. The van der Waals surface area contributed by atoms with E-state index in [4.69, 9.17) is 4.74 Å². The van der Waals surface area contributed by atoms with Crippen LogP contribution in [0.25, 0.3) is 0 Å². The maximum absolute atomic E-state index is 13.4. The lowest BCUT2D eigenvalue weighted by Crippen LogP contribution is -2.46. The van der Waals surface area contributed by atoms with Gasteiger partial charge in [0.1, 0.15) is 6.61 Å². The van der Waals surface area contributed by atoms with E-state index in [0.717, 1.165) is 49.0 Å². The molecule has 1 spiro atoms. The van der Waals surface area contributed by atoms with E-state index in [1.165, 1.54) is 10.7 Å². The largest absolute Gasteiger partial charge is 0.457 e. The molecule has 4 heterocycles. The number of carbonyl (C=O) groups is 2. The van der Waals surface area contributed by atoms with Crippen LogP contribution in [0.1, 0.15) is 59.3 Å². The second-order valence-electron chi connectivity index (χ2n) is 9.53. The summed E-state index contributed by atoms with van der Waals surface area (Å²) in [6.45, 7) is 7.03. The first-order chi connectivity index (χ1) is 16.3. The molecule has 0 radical (unpaired) electrons. The summed E-state index contributed by atoms with van der Waals surface area (Å²) in [7, 11) is 0. The van der Waals surface area contributed by atoms with Gasteiger partial charge in [0, 0.05) is 31.3 Å². The van der Waals surface area contributed by atoms with Gasteiger partial charge in [-0.15, -0.1) is 0 Å². The van der Waals surface area contributed by atoms with E-state index in [0.29, 0.717) is 31.0 Å². The first-order valence-corrected chi connectivity index (χ1v) is 11.9. The quantitative estimate of drug-likeness (QED) is 0.670. The third kappa shape index (κ3) is 3.73. The summed E-state index contributed by atoms with van der Waals surface area (Å²) in [5, 5.41) is 15.3. The van der Waals surface area contributed by atoms with Gasteiger partial charge >= 0.3 is 5.97 Å². The summed E-state index contributed by atoms with van der Waals surface area (Å²) in [4.78, 5) is 41.0. The molecule has 2 saturated heterocycles. The smallest absolute Gasteiger partial charge is 0.338 e. The number of ether oxygens (including phenoxy) is 1. The average Bonchev–Trinajstić information content (AvgIpc) is 3.37. The zero-order valence-corrected chi connectivity index (χ0v) is 19.6. The number of anilines is 1. The number of likely N-dealkylation sites (tertiary alicyclic amines) is 1. The summed E-state index contributed by atoms with van der Waals surface area (Å²) < 4.78 is 6.50. The van der Waals surface area contributed by atoms with E-state index in [1.54, 1.807) is 17.0 Å². The Bertz CT molecular complexity index is 1200. The van der Waals surface area contributed by atoms with Crippen molar-refractivity contribution in [2.75, 3.05) is 31.1 Å². The van der Waals surface area contributed by atoms with Crippen molar-refractivity contribution >= 4 is 17.7 Å². The molecule has 1 atom stereocenters. The second kappa shape index (κ2) is 8.63. The standard InChI is InChI=1S/C25H30N4O5/c1-3-29-22(31)7-6-21(26-29)28-13-10-25(24(28)33)8-11-27(12-9-25)14-20(30)17-4-5-18-19(16(17)2)15-34-23(18)32/h4-7,20,30H,3,8-15H2,1-2H3. The van der Waals surface area contributed by atoms with Crippen LogP contribution in [0, 0.1) is 12.3 Å². The molecular weight excluding hydrogens is 436 g/mol. The fourth-order valence-electron chi connectivity index (χ4n) is 5.55. The van der Waals surface area contributed by atoms with E-state index >= 15 is 0 Å². The fraction of sp³-hybridized carbons (Fsp3) is 0.520. The van der Waals surface area contributed by atoms with Gasteiger partial charge in [-0.3, -0.25) is 14.5 Å². The first-order valence-electron chi connectivity index (χ1n) is 11.9. The number of carbonyl (C=O) groups excluding carboxylic acids is 2. The van der Waals surface area contributed by atoms with Crippen LogP contribution in [0.15, 0.2) is 29.1 Å². The zero-order valence-electron chi connectivity index (χ0n) is 19.6. The maximum Gasteiger partial charge on any atom is 0.338 e. The predicted molar refractivity (Wildman–Crippen MR) is 125 cm³/mol. The number of rotatable bonds is 5. The number of aryl methyl sites for hydroxylation is 1. The van der Waals surface area contributed by atoms with Crippen molar-refractivity contribution in [3.8, 4) is 0 Å². The Morgan fingerprint density at radius 2 is 1.82 bits per heavy atom. The number of hydrogen-bond donors (Lipinski definition) is 1. The molecule has 3 aliphatic heterocycles. The number of esters is 1. The van der Waals surface area contributed by atoms with E-state index in [2.05, 4.69) is 10.00 Å². The van der Waals surface area contributed by atoms with Crippen molar-refractivity contribution in [1.82, 2.24) is 14.7 Å². The molecule has 2 fully saturated rings. The van der Waals surface area contributed by atoms with Crippen molar-refractivity contribution in [2.24, 2.45) is 5.41 Å². The highest BCUT2D eigenvalue weighted by Crippen LogP contribution is 2.43. The summed E-state index contributed by atoms with van der Waals surface area (Å²) in [5.41, 5.74) is 2.60. The zero-order chi connectivity index (χ0) is 24.0. The molecular formula is C25H30N4O5. The van der Waals surface area contributed by atoms with Crippen LogP contribution in [0.3, 0.4) is 0 Å². The first kappa shape index (κ1) is 22.7. The number of β-amino-alcohol motifs (C(OH)–C–C–N with tert-alkyl or cyclic N) is 1. The molecule has 9 nitrogen and oxygen atoms in total. The van der Waals surface area contributed by atoms with Crippen LogP contribution in [0.4, 0.5) is 5.82 Å². The third-order valence-electron chi connectivity index (χ3n) is 7.75. The highest BCUT2D eigenvalue weighted by atomic mass is 16.5. The van der Waals surface area contributed by atoms with Crippen LogP contribution < -0.4 is 10.5 Å². The van der Waals surface area contributed by atoms with Crippen molar-refractivity contribution in [1.29, 1.82) is 0 Å². The monoisotopic (exact) mass is 466 g/mol. The number of nitrogens with zero attached hydrogens (tertiary/aromatic N) is 4. The molecule has 0 saturated carbocycles. The lowest BCUT2D eigenvalue weighted by atomic mass is 9.77. The number of cyclic esters (lactones) is 1. The molecule has 1 amide bonds. The Morgan fingerprint density at radius 1 is 1.09 bits per heavy atom. The third-order valence-corrected chi connectivity index (χ3v) is 7.75. The Kier molecular flexibility index (Phi) is 5.77. The van der Waals surface area contributed by atoms with E-state index in [-0.39, 0.29) is 24.0 Å². The minimum Gasteiger partial charge on any atom is -0.457 e. The van der Waals surface area contributed by atoms with E-state index in [1.807, 2.05) is 19.9 Å². The van der Waals surface area contributed by atoms with Crippen LogP contribution in [0.5, 0.6) is 0 Å². The number of aliphatic hydroxyl groups is 1. The molecule has 180 valence electrons. The molecule has 1 unspecified atom stereocenters. The Labute approximate surface area is 197 Å². The maximum atomic E-state index is 13.4. The SMILES string of the molecule is CCn1nc(N2CCC3(CCN(CC(O)c4ccc5c(c4C)COC5=O)CC3)C2=O)ccc1=O. The molecule has 34 heavy (non-hydrogen) atoms. The van der Waals surface area contributed by atoms with Gasteiger partial charge < -0.3 is 14.7 Å². The van der Waals surface area contributed by atoms with Gasteiger partial charge in [0.25, 0.3) is 5.56 Å². The molecule has 1 N–H and O–H groups in total. The van der Waals surface area contributed by atoms with Gasteiger partial charge in [-0.1, -0.05) is 6.07 Å². The van der Waals surface area contributed by atoms with Gasteiger partial charge in [-0.25, -0.2) is 9.48 Å². The van der Waals surface area contributed by atoms with Gasteiger partial charge in [0.05, 0.1) is 17.1 Å². The van der Waals surface area contributed by atoms with Gasteiger partial charge in [-0.2, -0.15) is 5.10 Å². The second-order valence-corrected chi connectivity index (χ2v) is 9.53. The van der Waals surface area contributed by atoms with Gasteiger partial charge in [0.2, 0.25) is 5.91 Å². The minimum atomic E-state index is -0.676. The number of aromatic nitrogens is 2. The van der Waals surface area contributed by atoms with Gasteiger partial charge in [0.15, 0.2) is 5.82 Å². The Morgan fingerprint density at radius 3 is 2.56 bits per heavy atom. The normalized spacial score (nSPS) is 20.6. The number of benzene rings is 1. The molecule has 3 aliphatic rings. The fourth-order valence-corrected chi connectivity index (χ4v) is 5.55. The summed E-state index contributed by atoms with van der Waals surface area (Å²) >= 11 is 0. The topological polar surface area (TPSA) is 105 Å². The lowest BCUT2D eigenvalue weighted by molar-refractivity contribution is -0.128. The molecule has 5 rings (SSSR count). The van der Waals surface area contributed by atoms with E-state index < -0.39 is 11.5 Å². The summed E-state index contributed by atoms with van der Waals surface area (Å²) in [6.07, 6.45) is 1.56. The van der Waals surface area contributed by atoms with Gasteiger partial charge in [-0.05, 0) is 69.5 Å². The molecule has 9 heteroatoms. The van der Waals surface area contributed by atoms with Crippen molar-refractivity contribution in [3.05, 3.63) is 56.9 Å². The molecule has 0 bridgehead atoms. The summed E-state index contributed by atoms with van der Waals surface area (Å²) in [5.74, 6) is 0.316. The highest BCUT2D eigenvalue weighted by molar-refractivity contribution is 5.99. The van der Waals surface area contributed by atoms with Crippen molar-refractivity contribution < 1.29 is 19.4 Å². The predicted octanol–water partition coefficient (Wildman–Crippen LogP) is 1.79. The van der Waals surface area contributed by atoms with Crippen LogP contribution in [-0.4, -0.2) is 57.8 Å². The minimum absolute atomic E-state index is 0.0839. The number of piperidine rings is 1. The lowest BCUT2D eigenvalue weighted by Gasteiger charge is -2.38. The Balaban J connectivity index is 1.23. The number of amides is 1.